The van der Waals surface area contributed by atoms with Crippen molar-refractivity contribution in [3.8, 4) is 11.5 Å². The number of alkyl halides is 3. The Bertz CT molecular complexity index is 1130. The van der Waals surface area contributed by atoms with Gasteiger partial charge in [-0.25, -0.2) is 4.39 Å². The van der Waals surface area contributed by atoms with E-state index in [-0.39, 0.29) is 17.4 Å². The van der Waals surface area contributed by atoms with E-state index in [1.807, 2.05) is 0 Å². The number of ether oxygens (including phenoxy) is 2. The molecule has 3 aromatic rings. The van der Waals surface area contributed by atoms with E-state index in [0.717, 1.165) is 11.1 Å². The first kappa shape index (κ1) is 21.0. The van der Waals surface area contributed by atoms with Gasteiger partial charge in [-0.3, -0.25) is 4.79 Å². The van der Waals surface area contributed by atoms with Crippen LogP contribution in [0.15, 0.2) is 53.3 Å². The number of rotatable bonds is 4. The molecule has 164 valence electrons. The number of pyridine rings is 1. The molecular weight excluding hydrogens is 416 g/mol. The maximum absolute atomic E-state index is 13.7. The average Bonchev–Trinajstić information content (AvgIpc) is 2.72. The number of hydrogen-bond donors (Lipinski definition) is 0. The van der Waals surface area contributed by atoms with Gasteiger partial charge in [-0.1, -0.05) is 0 Å². The molecule has 1 aliphatic rings. The third kappa shape index (κ3) is 4.76. The van der Waals surface area contributed by atoms with Gasteiger partial charge in [0.05, 0.1) is 11.2 Å². The number of benzene rings is 2. The monoisotopic (exact) mass is 436 g/mol. The highest BCUT2D eigenvalue weighted by Gasteiger charge is 2.31. The molecule has 31 heavy (non-hydrogen) atoms. The highest BCUT2D eigenvalue weighted by atomic mass is 19.4. The number of nitrogens with zero attached hydrogens (tertiary/aromatic N) is 2. The van der Waals surface area contributed by atoms with Gasteiger partial charge in [0.15, 0.2) is 0 Å². The lowest BCUT2D eigenvalue weighted by atomic mass is 10.0. The molecular formula is C22H20F4N2O3. The molecule has 2 aromatic carbocycles. The summed E-state index contributed by atoms with van der Waals surface area (Å²) in [6.07, 6.45) is -3.51. The molecule has 0 atom stereocenters. The second-order valence-electron chi connectivity index (χ2n) is 7.41. The summed E-state index contributed by atoms with van der Waals surface area (Å²) >= 11 is 0. The molecule has 1 aromatic heterocycles. The van der Waals surface area contributed by atoms with E-state index in [2.05, 4.69) is 9.64 Å². The number of hydrogen-bond acceptors (Lipinski definition) is 4. The summed E-state index contributed by atoms with van der Waals surface area (Å²) in [6.45, 7) is 1.25. The van der Waals surface area contributed by atoms with E-state index in [9.17, 15) is 22.4 Å². The Balaban J connectivity index is 1.44. The van der Waals surface area contributed by atoms with E-state index in [0.29, 0.717) is 37.2 Å². The standard InChI is InChI=1S/C22H20F4N2O3/c1-27-19-12-14(23)2-7-18(19)20(13-21(27)29)28-10-8-16(9-11-28)30-15-3-5-17(6-4-15)31-22(24,25)26/h2-7,12-13,16H,8-11H2,1H3. The zero-order valence-corrected chi connectivity index (χ0v) is 16.7. The average molecular weight is 436 g/mol. The van der Waals surface area contributed by atoms with Crippen LogP contribution in [-0.4, -0.2) is 30.1 Å². The summed E-state index contributed by atoms with van der Waals surface area (Å²) < 4.78 is 61.6. The predicted molar refractivity (Wildman–Crippen MR) is 108 cm³/mol. The van der Waals surface area contributed by atoms with Crippen molar-refractivity contribution in [2.75, 3.05) is 18.0 Å². The van der Waals surface area contributed by atoms with Crippen molar-refractivity contribution >= 4 is 16.6 Å². The number of fused-ring (bicyclic) bond motifs is 1. The van der Waals surface area contributed by atoms with Crippen molar-refractivity contribution in [3.63, 3.8) is 0 Å². The van der Waals surface area contributed by atoms with Gasteiger partial charge in [-0.15, -0.1) is 13.2 Å². The molecule has 5 nitrogen and oxygen atoms in total. The summed E-state index contributed by atoms with van der Waals surface area (Å²) in [4.78, 5) is 14.4. The highest BCUT2D eigenvalue weighted by Crippen LogP contribution is 2.30. The van der Waals surface area contributed by atoms with Gasteiger partial charge < -0.3 is 18.9 Å². The van der Waals surface area contributed by atoms with Crippen LogP contribution >= 0.6 is 0 Å². The molecule has 2 heterocycles. The Morgan fingerprint density at radius 2 is 1.61 bits per heavy atom. The molecule has 0 aliphatic carbocycles. The van der Waals surface area contributed by atoms with E-state index in [4.69, 9.17) is 4.74 Å². The number of piperidine rings is 1. The van der Waals surface area contributed by atoms with Crippen molar-refractivity contribution in [1.29, 1.82) is 0 Å². The second-order valence-corrected chi connectivity index (χ2v) is 7.41. The van der Waals surface area contributed by atoms with Crippen LogP contribution < -0.4 is 19.9 Å². The maximum atomic E-state index is 13.7. The largest absolute Gasteiger partial charge is 0.573 e. The zero-order valence-electron chi connectivity index (χ0n) is 16.7. The lowest BCUT2D eigenvalue weighted by molar-refractivity contribution is -0.274. The van der Waals surface area contributed by atoms with Gasteiger partial charge in [-0.05, 0) is 42.5 Å². The van der Waals surface area contributed by atoms with Crippen LogP contribution in [0, 0.1) is 5.82 Å². The summed E-state index contributed by atoms with van der Waals surface area (Å²) in [5, 5.41) is 0.795. The Morgan fingerprint density at radius 1 is 0.968 bits per heavy atom. The fourth-order valence-corrected chi connectivity index (χ4v) is 3.80. The minimum absolute atomic E-state index is 0.110. The van der Waals surface area contributed by atoms with Gasteiger partial charge in [0.25, 0.3) is 5.56 Å². The first-order chi connectivity index (χ1) is 14.7. The summed E-state index contributed by atoms with van der Waals surface area (Å²) in [7, 11) is 1.61. The lowest BCUT2D eigenvalue weighted by Gasteiger charge is -2.34. The van der Waals surface area contributed by atoms with Crippen molar-refractivity contribution in [2.24, 2.45) is 7.05 Å². The van der Waals surface area contributed by atoms with E-state index in [1.54, 1.807) is 19.2 Å². The van der Waals surface area contributed by atoms with Gasteiger partial charge in [0.1, 0.15) is 23.4 Å². The Morgan fingerprint density at radius 3 is 2.26 bits per heavy atom. The number of halogens is 4. The number of anilines is 1. The third-order valence-corrected chi connectivity index (χ3v) is 5.33. The summed E-state index contributed by atoms with van der Waals surface area (Å²) in [5.41, 5.74) is 1.07. The van der Waals surface area contributed by atoms with Crippen LogP contribution in [-0.2, 0) is 7.05 Å². The van der Waals surface area contributed by atoms with Crippen molar-refractivity contribution in [2.45, 2.75) is 25.3 Å². The minimum Gasteiger partial charge on any atom is -0.490 e. The first-order valence-corrected chi connectivity index (χ1v) is 9.76. The molecule has 1 saturated heterocycles. The van der Waals surface area contributed by atoms with E-state index in [1.165, 1.54) is 41.0 Å². The molecule has 0 spiro atoms. The quantitative estimate of drug-likeness (QED) is 0.560. The summed E-state index contributed by atoms with van der Waals surface area (Å²) in [6, 6.07) is 11.3. The second kappa shape index (κ2) is 8.13. The fraction of sp³-hybridized carbons (Fsp3) is 0.318. The molecule has 4 rings (SSSR count). The molecule has 1 fully saturated rings. The normalized spacial score (nSPS) is 15.3. The van der Waals surface area contributed by atoms with Crippen LogP contribution in [0.3, 0.4) is 0 Å². The highest BCUT2D eigenvalue weighted by molar-refractivity contribution is 5.92. The summed E-state index contributed by atoms with van der Waals surface area (Å²) in [5.74, 6) is -0.246. The molecule has 1 aliphatic heterocycles. The van der Waals surface area contributed by atoms with Crippen LogP contribution in [0.25, 0.3) is 10.9 Å². The van der Waals surface area contributed by atoms with Gasteiger partial charge in [0.2, 0.25) is 0 Å². The molecule has 0 saturated carbocycles. The SMILES string of the molecule is Cn1c(=O)cc(N2CCC(Oc3ccc(OC(F)(F)F)cc3)CC2)c2ccc(F)cc21. The van der Waals surface area contributed by atoms with Crippen molar-refractivity contribution < 1.29 is 27.0 Å². The van der Waals surface area contributed by atoms with Crippen LogP contribution in [0.5, 0.6) is 11.5 Å². The first-order valence-electron chi connectivity index (χ1n) is 9.76. The lowest BCUT2D eigenvalue weighted by Crippen LogP contribution is -2.39. The topological polar surface area (TPSA) is 43.7 Å². The van der Waals surface area contributed by atoms with Crippen molar-refractivity contribution in [3.05, 3.63) is 64.7 Å². The Kier molecular flexibility index (Phi) is 5.51. The van der Waals surface area contributed by atoms with Gasteiger partial charge >= 0.3 is 6.36 Å². The zero-order chi connectivity index (χ0) is 22.2. The predicted octanol–water partition coefficient (Wildman–Crippen LogP) is 4.62. The Labute approximate surface area is 175 Å². The molecule has 0 radical (unpaired) electrons. The number of aryl methyl sites for hydroxylation is 1. The van der Waals surface area contributed by atoms with Crippen LogP contribution in [0.1, 0.15) is 12.8 Å². The third-order valence-electron chi connectivity index (χ3n) is 5.33. The Hall–Kier alpha value is -3.23. The van der Waals surface area contributed by atoms with Crippen molar-refractivity contribution in [1.82, 2.24) is 4.57 Å². The minimum atomic E-state index is -4.73. The van der Waals surface area contributed by atoms with E-state index < -0.39 is 12.2 Å². The van der Waals surface area contributed by atoms with Crippen LogP contribution in [0.2, 0.25) is 0 Å². The van der Waals surface area contributed by atoms with E-state index >= 15 is 0 Å². The molecule has 0 amide bonds. The van der Waals surface area contributed by atoms with Gasteiger partial charge in [-0.2, -0.15) is 0 Å². The smallest absolute Gasteiger partial charge is 0.490 e. The number of aromatic nitrogens is 1. The molecule has 0 N–H and O–H groups in total. The van der Waals surface area contributed by atoms with Crippen LogP contribution in [0.4, 0.5) is 23.2 Å². The maximum Gasteiger partial charge on any atom is 0.573 e. The molecule has 0 unspecified atom stereocenters. The molecule has 9 heteroatoms. The fourth-order valence-electron chi connectivity index (χ4n) is 3.80. The molecule has 0 bridgehead atoms. The van der Waals surface area contributed by atoms with Gasteiger partial charge in [0, 0.05) is 44.4 Å².